The van der Waals surface area contributed by atoms with E-state index in [4.69, 9.17) is 0 Å². The summed E-state index contributed by atoms with van der Waals surface area (Å²) in [4.78, 5) is 12.4. The minimum absolute atomic E-state index is 0.151. The van der Waals surface area contributed by atoms with Gasteiger partial charge in [-0.15, -0.1) is 11.8 Å². The van der Waals surface area contributed by atoms with E-state index in [0.29, 0.717) is 23.8 Å². The molecule has 0 spiro atoms. The predicted octanol–water partition coefficient (Wildman–Crippen LogP) is 3.44. The van der Waals surface area contributed by atoms with Crippen molar-refractivity contribution >= 4 is 17.7 Å². The lowest BCUT2D eigenvalue weighted by molar-refractivity contribution is -0.146. The SMILES string of the molecule is O=C(O)C1(NC2CC2)CCCC(Sc2ccccc2F)C1. The minimum atomic E-state index is -0.817. The fourth-order valence-corrected chi connectivity index (χ4v) is 4.40. The first kappa shape index (κ1) is 14.9. The highest BCUT2D eigenvalue weighted by Crippen LogP contribution is 2.40. The Balaban J connectivity index is 1.72. The van der Waals surface area contributed by atoms with Crippen molar-refractivity contribution in [3.8, 4) is 0 Å². The average molecular weight is 309 g/mol. The van der Waals surface area contributed by atoms with E-state index in [-0.39, 0.29) is 11.1 Å². The molecule has 0 heterocycles. The largest absolute Gasteiger partial charge is 0.480 e. The van der Waals surface area contributed by atoms with Crippen LogP contribution in [0.15, 0.2) is 29.2 Å². The standard InChI is InChI=1S/C16H20FNO2S/c17-13-5-1-2-6-14(13)21-12-4-3-9-16(10-12,15(19)20)18-11-7-8-11/h1-2,5-6,11-12,18H,3-4,7-10H2,(H,19,20). The summed E-state index contributed by atoms with van der Waals surface area (Å²) in [7, 11) is 0. The zero-order valence-corrected chi connectivity index (χ0v) is 12.7. The Morgan fingerprint density at radius 2 is 2.10 bits per heavy atom. The first-order valence-electron chi connectivity index (χ1n) is 7.51. The topological polar surface area (TPSA) is 49.3 Å². The van der Waals surface area contributed by atoms with Crippen LogP contribution in [0.3, 0.4) is 0 Å². The Morgan fingerprint density at radius 1 is 1.33 bits per heavy atom. The van der Waals surface area contributed by atoms with E-state index in [9.17, 15) is 14.3 Å². The van der Waals surface area contributed by atoms with Crippen molar-refractivity contribution in [2.24, 2.45) is 0 Å². The summed E-state index contributed by atoms with van der Waals surface area (Å²) in [5, 5.41) is 13.1. The van der Waals surface area contributed by atoms with E-state index >= 15 is 0 Å². The lowest BCUT2D eigenvalue weighted by Gasteiger charge is -2.38. The molecular formula is C16H20FNO2S. The van der Waals surface area contributed by atoms with Crippen molar-refractivity contribution in [1.82, 2.24) is 5.32 Å². The smallest absolute Gasteiger partial charge is 0.323 e. The number of nitrogens with one attached hydrogen (secondary N) is 1. The van der Waals surface area contributed by atoms with Crippen LogP contribution in [0, 0.1) is 5.82 Å². The van der Waals surface area contributed by atoms with E-state index in [2.05, 4.69) is 5.32 Å². The summed E-state index contributed by atoms with van der Waals surface area (Å²) in [6, 6.07) is 7.08. The van der Waals surface area contributed by atoms with Gasteiger partial charge in [0, 0.05) is 16.2 Å². The van der Waals surface area contributed by atoms with Crippen LogP contribution in [-0.2, 0) is 4.79 Å². The van der Waals surface area contributed by atoms with Crippen molar-refractivity contribution in [2.75, 3.05) is 0 Å². The quantitative estimate of drug-likeness (QED) is 0.875. The molecule has 2 unspecified atom stereocenters. The number of halogens is 1. The maximum absolute atomic E-state index is 13.8. The van der Waals surface area contributed by atoms with Crippen LogP contribution in [0.1, 0.15) is 38.5 Å². The fourth-order valence-electron chi connectivity index (χ4n) is 3.05. The molecule has 1 aromatic rings. The van der Waals surface area contributed by atoms with Gasteiger partial charge in [0.25, 0.3) is 0 Å². The molecule has 21 heavy (non-hydrogen) atoms. The van der Waals surface area contributed by atoms with Gasteiger partial charge >= 0.3 is 5.97 Å². The number of carboxylic acids is 1. The van der Waals surface area contributed by atoms with Crippen molar-refractivity contribution in [1.29, 1.82) is 0 Å². The number of carbonyl (C=O) groups is 1. The van der Waals surface area contributed by atoms with Gasteiger partial charge in [0.2, 0.25) is 0 Å². The number of thioether (sulfide) groups is 1. The van der Waals surface area contributed by atoms with Crippen molar-refractivity contribution < 1.29 is 14.3 Å². The van der Waals surface area contributed by atoms with Crippen LogP contribution in [0.25, 0.3) is 0 Å². The highest BCUT2D eigenvalue weighted by molar-refractivity contribution is 8.00. The van der Waals surface area contributed by atoms with E-state index in [1.54, 1.807) is 12.1 Å². The molecule has 2 atom stereocenters. The maximum Gasteiger partial charge on any atom is 0.323 e. The third kappa shape index (κ3) is 3.40. The molecule has 0 amide bonds. The summed E-state index contributed by atoms with van der Waals surface area (Å²) >= 11 is 1.48. The third-order valence-corrected chi connectivity index (χ3v) is 5.62. The van der Waals surface area contributed by atoms with Crippen molar-refractivity contribution in [2.45, 2.75) is 60.3 Å². The molecule has 3 nitrogen and oxygen atoms in total. The Bertz CT molecular complexity index is 535. The molecule has 2 fully saturated rings. The number of aliphatic carboxylic acids is 1. The highest BCUT2D eigenvalue weighted by Gasteiger charge is 2.46. The molecule has 0 aromatic heterocycles. The molecule has 0 bridgehead atoms. The monoisotopic (exact) mass is 309 g/mol. The Morgan fingerprint density at radius 3 is 2.76 bits per heavy atom. The summed E-state index contributed by atoms with van der Waals surface area (Å²) in [6.07, 6.45) is 5.20. The molecule has 2 N–H and O–H groups in total. The average Bonchev–Trinajstić information content (AvgIpc) is 3.25. The second-order valence-electron chi connectivity index (χ2n) is 6.07. The van der Waals surface area contributed by atoms with Crippen LogP contribution in [0.4, 0.5) is 4.39 Å². The number of rotatable bonds is 5. The van der Waals surface area contributed by atoms with E-state index < -0.39 is 11.5 Å². The zero-order valence-electron chi connectivity index (χ0n) is 11.8. The van der Waals surface area contributed by atoms with Gasteiger partial charge in [-0.05, 0) is 50.7 Å². The van der Waals surface area contributed by atoms with Gasteiger partial charge in [-0.25, -0.2) is 4.39 Å². The van der Waals surface area contributed by atoms with Gasteiger partial charge < -0.3 is 5.11 Å². The number of hydrogen-bond donors (Lipinski definition) is 2. The van der Waals surface area contributed by atoms with E-state index in [1.165, 1.54) is 17.8 Å². The molecule has 2 aliphatic rings. The minimum Gasteiger partial charge on any atom is -0.480 e. The predicted molar refractivity (Wildman–Crippen MR) is 81.0 cm³/mol. The number of carboxylic acid groups (broad SMARTS) is 1. The van der Waals surface area contributed by atoms with E-state index in [0.717, 1.165) is 25.7 Å². The third-order valence-electron chi connectivity index (χ3n) is 4.30. The summed E-state index contributed by atoms with van der Waals surface area (Å²) in [5.41, 5.74) is -0.817. The molecule has 2 aliphatic carbocycles. The summed E-state index contributed by atoms with van der Waals surface area (Å²) < 4.78 is 13.8. The number of hydrogen-bond acceptors (Lipinski definition) is 3. The normalized spacial score (nSPS) is 29.3. The summed E-state index contributed by atoms with van der Waals surface area (Å²) in [5.74, 6) is -0.975. The lowest BCUT2D eigenvalue weighted by atomic mass is 9.81. The van der Waals surface area contributed by atoms with Gasteiger partial charge in [-0.2, -0.15) is 0 Å². The highest BCUT2D eigenvalue weighted by atomic mass is 32.2. The molecule has 3 rings (SSSR count). The van der Waals surface area contributed by atoms with Gasteiger partial charge in [-0.1, -0.05) is 12.1 Å². The molecule has 0 aliphatic heterocycles. The molecule has 0 saturated heterocycles. The molecule has 5 heteroatoms. The molecular weight excluding hydrogens is 289 g/mol. The zero-order chi connectivity index (χ0) is 14.9. The van der Waals surface area contributed by atoms with Gasteiger partial charge in [-0.3, -0.25) is 10.1 Å². The first-order chi connectivity index (χ1) is 10.1. The van der Waals surface area contributed by atoms with Crippen LogP contribution >= 0.6 is 11.8 Å². The fraction of sp³-hybridized carbons (Fsp3) is 0.562. The Labute approximate surface area is 128 Å². The van der Waals surface area contributed by atoms with Gasteiger partial charge in [0.05, 0.1) is 0 Å². The van der Waals surface area contributed by atoms with Crippen LogP contribution in [0.5, 0.6) is 0 Å². The van der Waals surface area contributed by atoms with Crippen molar-refractivity contribution in [3.63, 3.8) is 0 Å². The van der Waals surface area contributed by atoms with Gasteiger partial charge in [0.15, 0.2) is 0 Å². The Kier molecular flexibility index (Phi) is 4.22. The molecule has 1 aromatic carbocycles. The van der Waals surface area contributed by atoms with Crippen LogP contribution < -0.4 is 5.32 Å². The van der Waals surface area contributed by atoms with Crippen LogP contribution in [-0.4, -0.2) is 27.9 Å². The maximum atomic E-state index is 13.8. The molecule has 114 valence electrons. The lowest BCUT2D eigenvalue weighted by Crippen LogP contribution is -2.56. The molecule has 0 radical (unpaired) electrons. The molecule has 2 saturated carbocycles. The Hall–Kier alpha value is -1.07. The van der Waals surface area contributed by atoms with Crippen LogP contribution in [0.2, 0.25) is 0 Å². The summed E-state index contributed by atoms with van der Waals surface area (Å²) in [6.45, 7) is 0. The second kappa shape index (κ2) is 5.97. The van der Waals surface area contributed by atoms with Crippen molar-refractivity contribution in [3.05, 3.63) is 30.1 Å². The number of benzene rings is 1. The second-order valence-corrected chi connectivity index (χ2v) is 7.41. The first-order valence-corrected chi connectivity index (χ1v) is 8.39. The van der Waals surface area contributed by atoms with Gasteiger partial charge in [0.1, 0.15) is 11.4 Å². The van der Waals surface area contributed by atoms with E-state index in [1.807, 2.05) is 6.07 Å².